The molecule has 0 aliphatic rings. The second-order valence-corrected chi connectivity index (χ2v) is 6.05. The molecule has 2 aromatic heterocycles. The van der Waals surface area contributed by atoms with Gasteiger partial charge in [-0.15, -0.1) is 10.2 Å². The number of hydrogen-bond acceptors (Lipinski definition) is 4. The molecule has 0 radical (unpaired) electrons. The van der Waals surface area contributed by atoms with Crippen molar-refractivity contribution in [2.24, 2.45) is 0 Å². The average molecular weight is 326 g/mol. The number of imidazole rings is 1. The van der Waals surface area contributed by atoms with Gasteiger partial charge in [0, 0.05) is 31.8 Å². The molecule has 0 atom stereocenters. The molecule has 0 spiro atoms. The highest BCUT2D eigenvalue weighted by Crippen LogP contribution is 2.11. The Morgan fingerprint density at radius 1 is 1.29 bits per heavy atom. The van der Waals surface area contributed by atoms with Gasteiger partial charge in [0.25, 0.3) is 0 Å². The lowest BCUT2D eigenvalue weighted by atomic mass is 10.2. The minimum absolute atomic E-state index is 0.0195. The largest absolute Gasteiger partial charge is 0.356 e. The van der Waals surface area contributed by atoms with Crippen LogP contribution in [0, 0.1) is 0 Å². The van der Waals surface area contributed by atoms with Crippen LogP contribution in [0.25, 0.3) is 11.0 Å². The van der Waals surface area contributed by atoms with Gasteiger partial charge >= 0.3 is 0 Å². The van der Waals surface area contributed by atoms with E-state index in [1.54, 1.807) is 6.33 Å². The molecule has 0 saturated heterocycles. The number of H-pyrrole nitrogens is 1. The molecule has 1 aromatic carbocycles. The van der Waals surface area contributed by atoms with Crippen LogP contribution in [0.4, 0.5) is 0 Å². The summed E-state index contributed by atoms with van der Waals surface area (Å²) in [6, 6.07) is 8.18. The van der Waals surface area contributed by atoms with Crippen LogP contribution in [-0.2, 0) is 17.6 Å². The minimum atomic E-state index is 0.0195. The number of amides is 1. The number of rotatable bonds is 7. The van der Waals surface area contributed by atoms with Crippen LogP contribution in [0.5, 0.6) is 0 Å². The van der Waals surface area contributed by atoms with Gasteiger partial charge in [-0.25, -0.2) is 4.98 Å². The van der Waals surface area contributed by atoms with Crippen LogP contribution < -0.4 is 5.32 Å². The van der Waals surface area contributed by atoms with Gasteiger partial charge in [0.05, 0.1) is 11.0 Å². The Morgan fingerprint density at radius 3 is 2.92 bits per heavy atom. The number of carbonyl (C=O) groups excluding carboxylic acids is 1. The molecule has 2 heterocycles. The van der Waals surface area contributed by atoms with Crippen molar-refractivity contribution in [3.63, 3.8) is 0 Å². The normalized spacial score (nSPS) is 11.3. The van der Waals surface area contributed by atoms with E-state index in [9.17, 15) is 4.79 Å². The first kappa shape index (κ1) is 16.2. The van der Waals surface area contributed by atoms with Crippen molar-refractivity contribution >= 4 is 16.9 Å². The van der Waals surface area contributed by atoms with Crippen LogP contribution in [0.2, 0.25) is 0 Å². The molecule has 126 valence electrons. The Balaban J connectivity index is 1.45. The third-order valence-corrected chi connectivity index (χ3v) is 3.90. The van der Waals surface area contributed by atoms with E-state index in [4.69, 9.17) is 0 Å². The van der Waals surface area contributed by atoms with E-state index in [0.29, 0.717) is 31.8 Å². The molecule has 3 aromatic rings. The van der Waals surface area contributed by atoms with Gasteiger partial charge in [-0.05, 0) is 26.0 Å². The van der Waals surface area contributed by atoms with Gasteiger partial charge in [-0.2, -0.15) is 0 Å². The summed E-state index contributed by atoms with van der Waals surface area (Å²) in [5.74, 6) is 1.75. The maximum atomic E-state index is 12.0. The highest BCUT2D eigenvalue weighted by molar-refractivity contribution is 5.77. The molecule has 3 rings (SSSR count). The zero-order valence-corrected chi connectivity index (χ0v) is 14.0. The highest BCUT2D eigenvalue weighted by atomic mass is 16.1. The number of aromatic amines is 1. The molecule has 0 bridgehead atoms. The van der Waals surface area contributed by atoms with Crippen molar-refractivity contribution in [2.75, 3.05) is 6.54 Å². The summed E-state index contributed by atoms with van der Waals surface area (Å²) in [6.07, 6.45) is 3.41. The summed E-state index contributed by atoms with van der Waals surface area (Å²) in [7, 11) is 0. The quantitative estimate of drug-likeness (QED) is 0.695. The van der Waals surface area contributed by atoms with Crippen molar-refractivity contribution in [2.45, 2.75) is 39.2 Å². The third-order valence-electron chi connectivity index (χ3n) is 3.90. The van der Waals surface area contributed by atoms with Gasteiger partial charge in [-0.3, -0.25) is 4.79 Å². The lowest BCUT2D eigenvalue weighted by Gasteiger charge is -2.10. The van der Waals surface area contributed by atoms with E-state index in [-0.39, 0.29) is 5.91 Å². The van der Waals surface area contributed by atoms with E-state index in [1.807, 2.05) is 28.8 Å². The zero-order valence-electron chi connectivity index (χ0n) is 14.0. The number of aryl methyl sites for hydroxylation is 1. The highest BCUT2D eigenvalue weighted by Gasteiger charge is 2.09. The zero-order chi connectivity index (χ0) is 16.9. The first-order valence-electron chi connectivity index (χ1n) is 8.22. The lowest BCUT2D eigenvalue weighted by molar-refractivity contribution is -0.121. The van der Waals surface area contributed by atoms with E-state index in [0.717, 1.165) is 22.7 Å². The van der Waals surface area contributed by atoms with Crippen molar-refractivity contribution < 1.29 is 4.79 Å². The van der Waals surface area contributed by atoms with E-state index in [1.165, 1.54) is 0 Å². The standard InChI is InChI=1S/C17H22N6O/c1-12(2)23-11-19-22-16(23)9-10-18-17(24)8-7-15-20-13-5-3-4-6-14(13)21-15/h3-6,11-12H,7-10H2,1-2H3,(H,18,24)(H,20,21). The SMILES string of the molecule is CC(C)n1cnnc1CCNC(=O)CCc1nc2ccccc2[nH]1. The summed E-state index contributed by atoms with van der Waals surface area (Å²) in [4.78, 5) is 19.7. The fourth-order valence-electron chi connectivity index (χ4n) is 2.63. The van der Waals surface area contributed by atoms with Gasteiger partial charge in [0.2, 0.25) is 5.91 Å². The predicted molar refractivity (Wildman–Crippen MR) is 91.5 cm³/mol. The summed E-state index contributed by atoms with van der Waals surface area (Å²) in [5.41, 5.74) is 1.93. The molecular formula is C17H22N6O. The van der Waals surface area contributed by atoms with Crippen LogP contribution in [0.15, 0.2) is 30.6 Å². The van der Waals surface area contributed by atoms with Gasteiger partial charge in [0.15, 0.2) is 0 Å². The lowest BCUT2D eigenvalue weighted by Crippen LogP contribution is -2.26. The van der Waals surface area contributed by atoms with E-state index >= 15 is 0 Å². The summed E-state index contributed by atoms with van der Waals surface area (Å²) in [6.45, 7) is 4.72. The first-order chi connectivity index (χ1) is 11.6. The van der Waals surface area contributed by atoms with Crippen molar-refractivity contribution in [1.82, 2.24) is 30.0 Å². The maximum absolute atomic E-state index is 12.0. The summed E-state index contributed by atoms with van der Waals surface area (Å²) < 4.78 is 2.01. The Bertz CT molecular complexity index is 786. The van der Waals surface area contributed by atoms with Gasteiger partial charge in [-0.1, -0.05) is 12.1 Å². The monoisotopic (exact) mass is 326 g/mol. The van der Waals surface area contributed by atoms with Gasteiger partial charge in [0.1, 0.15) is 18.0 Å². The molecule has 7 nitrogen and oxygen atoms in total. The number of nitrogens with zero attached hydrogens (tertiary/aromatic N) is 4. The van der Waals surface area contributed by atoms with Crippen molar-refractivity contribution in [3.8, 4) is 0 Å². The minimum Gasteiger partial charge on any atom is -0.356 e. The van der Waals surface area contributed by atoms with Crippen molar-refractivity contribution in [1.29, 1.82) is 0 Å². The average Bonchev–Trinajstić information content (AvgIpc) is 3.19. The van der Waals surface area contributed by atoms with Crippen LogP contribution in [0.1, 0.15) is 38.0 Å². The van der Waals surface area contributed by atoms with E-state index < -0.39 is 0 Å². The second kappa shape index (κ2) is 7.25. The fraction of sp³-hybridized carbons (Fsp3) is 0.412. The number of hydrogen-bond donors (Lipinski definition) is 2. The van der Waals surface area contributed by atoms with Crippen LogP contribution >= 0.6 is 0 Å². The Morgan fingerprint density at radius 2 is 2.12 bits per heavy atom. The molecule has 7 heteroatoms. The summed E-state index contributed by atoms with van der Waals surface area (Å²) in [5, 5.41) is 11.0. The summed E-state index contributed by atoms with van der Waals surface area (Å²) >= 11 is 0. The number of fused-ring (bicyclic) bond motifs is 1. The molecule has 24 heavy (non-hydrogen) atoms. The number of benzene rings is 1. The molecule has 1 amide bonds. The number of nitrogens with one attached hydrogen (secondary N) is 2. The second-order valence-electron chi connectivity index (χ2n) is 6.05. The smallest absolute Gasteiger partial charge is 0.220 e. The Hall–Kier alpha value is -2.70. The first-order valence-corrected chi connectivity index (χ1v) is 8.22. The fourth-order valence-corrected chi connectivity index (χ4v) is 2.63. The Labute approximate surface area is 140 Å². The molecule has 0 saturated carbocycles. The molecule has 0 aliphatic carbocycles. The molecule has 2 N–H and O–H groups in total. The van der Waals surface area contributed by atoms with Gasteiger partial charge < -0.3 is 14.9 Å². The van der Waals surface area contributed by atoms with Crippen LogP contribution in [-0.4, -0.2) is 37.2 Å². The predicted octanol–water partition coefficient (Wildman–Crippen LogP) is 2.03. The van der Waals surface area contributed by atoms with Crippen LogP contribution in [0.3, 0.4) is 0 Å². The Kier molecular flexibility index (Phi) is 4.88. The molecule has 0 aliphatic heterocycles. The third kappa shape index (κ3) is 3.79. The number of aromatic nitrogens is 5. The van der Waals surface area contributed by atoms with Crippen molar-refractivity contribution in [3.05, 3.63) is 42.2 Å². The van der Waals surface area contributed by atoms with E-state index in [2.05, 4.69) is 39.3 Å². The molecular weight excluding hydrogens is 304 g/mol. The number of carbonyl (C=O) groups is 1. The maximum Gasteiger partial charge on any atom is 0.220 e. The number of para-hydroxylation sites is 2. The topological polar surface area (TPSA) is 88.5 Å². The molecule has 0 fully saturated rings. The molecule has 0 unspecified atom stereocenters.